The molecular formula is C47H46FIrN3SSi-2. The first-order chi connectivity index (χ1) is 25.3. The molecule has 0 aliphatic heterocycles. The summed E-state index contributed by atoms with van der Waals surface area (Å²) in [7, 11) is -1.34. The van der Waals surface area contributed by atoms with Gasteiger partial charge in [-0.1, -0.05) is 113 Å². The Morgan fingerprint density at radius 1 is 0.815 bits per heavy atom. The van der Waals surface area contributed by atoms with Gasteiger partial charge in [0.15, 0.2) is 0 Å². The van der Waals surface area contributed by atoms with E-state index >= 15 is 0 Å². The Morgan fingerprint density at radius 3 is 2.22 bits per heavy atom. The van der Waals surface area contributed by atoms with E-state index in [0.717, 1.165) is 61.3 Å². The number of hydrogen-bond donors (Lipinski definition) is 0. The Hall–Kier alpha value is -4.26. The number of nitrogens with zero attached hydrogens (tertiary/aromatic N) is 3. The molecule has 0 N–H and O–H groups in total. The van der Waals surface area contributed by atoms with Crippen LogP contribution in [0.1, 0.15) is 45.7 Å². The van der Waals surface area contributed by atoms with Gasteiger partial charge in [0, 0.05) is 32.0 Å². The van der Waals surface area contributed by atoms with Crippen LogP contribution < -0.4 is 5.19 Å². The summed E-state index contributed by atoms with van der Waals surface area (Å²) in [6.45, 7) is 18.4. The number of fused-ring (bicyclic) bond motifs is 4. The molecule has 0 saturated carbocycles. The zero-order valence-electron chi connectivity index (χ0n) is 32.2. The predicted octanol–water partition coefficient (Wildman–Crippen LogP) is 12.6. The van der Waals surface area contributed by atoms with E-state index in [1.165, 1.54) is 33.7 Å². The fourth-order valence-corrected chi connectivity index (χ4v) is 9.73. The smallest absolute Gasteiger partial charge is 0.140 e. The molecule has 54 heavy (non-hydrogen) atoms. The van der Waals surface area contributed by atoms with Crippen LogP contribution in [0.4, 0.5) is 4.39 Å². The molecule has 3 aromatic heterocycles. The van der Waals surface area contributed by atoms with E-state index < -0.39 is 8.07 Å². The Bertz CT molecular complexity index is 2540. The molecule has 3 nitrogen and oxygen atoms in total. The second-order valence-electron chi connectivity index (χ2n) is 16.2. The van der Waals surface area contributed by atoms with E-state index in [9.17, 15) is 4.39 Å². The molecule has 0 amide bonds. The van der Waals surface area contributed by atoms with Crippen LogP contribution in [0.5, 0.6) is 0 Å². The van der Waals surface area contributed by atoms with Gasteiger partial charge in [-0.25, -0.2) is 4.39 Å². The van der Waals surface area contributed by atoms with Crippen molar-refractivity contribution in [3.8, 4) is 28.3 Å². The first-order valence-electron chi connectivity index (χ1n) is 18.4. The van der Waals surface area contributed by atoms with Gasteiger partial charge < -0.3 is 9.55 Å². The summed E-state index contributed by atoms with van der Waals surface area (Å²) in [5.74, 6) is 1.29. The number of para-hydroxylation sites is 2. The normalized spacial score (nSPS) is 11.9. The average molecular weight is 924 g/mol. The first kappa shape index (κ1) is 39.4. The summed E-state index contributed by atoms with van der Waals surface area (Å²) in [5, 5.41) is 3.46. The number of benzene rings is 5. The maximum absolute atomic E-state index is 14.6. The predicted molar refractivity (Wildman–Crippen MR) is 227 cm³/mol. The monoisotopic (exact) mass is 924 g/mol. The van der Waals surface area contributed by atoms with Crippen molar-refractivity contribution >= 4 is 55.8 Å². The molecule has 0 aliphatic rings. The van der Waals surface area contributed by atoms with Crippen LogP contribution in [0.3, 0.4) is 0 Å². The number of halogens is 1. The molecule has 0 unspecified atom stereocenters. The second kappa shape index (κ2) is 15.8. The van der Waals surface area contributed by atoms with Crippen LogP contribution in [0.25, 0.3) is 59.5 Å². The van der Waals surface area contributed by atoms with Crippen LogP contribution in [0, 0.1) is 23.9 Å². The minimum Gasteiger partial charge on any atom is -0.333 e. The molecular weight excluding hydrogens is 878 g/mol. The Balaban J connectivity index is 0.000000205. The SMILES string of the molecule is CC(C)(C)c1ccc(-n2c(-c3[c-]ccc4c3sc3c(F)cccc34)nc3ccccc32)cc1.CC(C)Cc1cc(-c2[c-]cccc2)ncc1[Si](C)(C)C.[Ir]. The minimum atomic E-state index is -1.34. The molecule has 3 heterocycles. The summed E-state index contributed by atoms with van der Waals surface area (Å²) >= 11 is 1.47. The van der Waals surface area contributed by atoms with E-state index in [2.05, 4.69) is 125 Å². The van der Waals surface area contributed by atoms with Crippen molar-refractivity contribution < 1.29 is 24.5 Å². The number of pyridine rings is 1. The van der Waals surface area contributed by atoms with Gasteiger partial charge in [0.2, 0.25) is 0 Å². The van der Waals surface area contributed by atoms with Crippen molar-refractivity contribution in [1.29, 1.82) is 0 Å². The van der Waals surface area contributed by atoms with Crippen molar-refractivity contribution in [1.82, 2.24) is 14.5 Å². The summed E-state index contributed by atoms with van der Waals surface area (Å²) < 4.78 is 18.4. The van der Waals surface area contributed by atoms with Crippen LogP contribution in [-0.2, 0) is 31.9 Å². The van der Waals surface area contributed by atoms with E-state index in [1.807, 2.05) is 54.6 Å². The molecule has 0 saturated heterocycles. The van der Waals surface area contributed by atoms with Crippen molar-refractivity contribution in [2.75, 3.05) is 0 Å². The molecule has 7 heteroatoms. The fourth-order valence-electron chi connectivity index (χ4n) is 6.94. The van der Waals surface area contributed by atoms with Crippen molar-refractivity contribution in [3.05, 3.63) is 144 Å². The Kier molecular flexibility index (Phi) is 11.6. The molecule has 0 atom stereocenters. The maximum Gasteiger partial charge on any atom is 0.140 e. The zero-order valence-corrected chi connectivity index (χ0v) is 36.4. The summed E-state index contributed by atoms with van der Waals surface area (Å²) in [4.78, 5) is 9.70. The number of rotatable bonds is 6. The van der Waals surface area contributed by atoms with Gasteiger partial charge >= 0.3 is 0 Å². The molecule has 0 aliphatic carbocycles. The third kappa shape index (κ3) is 8.06. The topological polar surface area (TPSA) is 30.7 Å². The zero-order chi connectivity index (χ0) is 37.5. The van der Waals surface area contributed by atoms with Crippen LogP contribution in [-0.4, -0.2) is 22.6 Å². The molecule has 8 aromatic rings. The maximum atomic E-state index is 14.6. The molecule has 8 rings (SSSR count). The molecule has 5 aromatic carbocycles. The average Bonchev–Trinajstić information content (AvgIpc) is 3.71. The van der Waals surface area contributed by atoms with E-state index in [0.29, 0.717) is 10.6 Å². The van der Waals surface area contributed by atoms with Crippen LogP contribution >= 0.6 is 11.3 Å². The molecule has 277 valence electrons. The fraction of sp³-hybridized carbons (Fsp3) is 0.234. The van der Waals surface area contributed by atoms with Crippen LogP contribution in [0.15, 0.2) is 115 Å². The van der Waals surface area contributed by atoms with Gasteiger partial charge in [0.05, 0.1) is 29.6 Å². The van der Waals surface area contributed by atoms with Crippen molar-refractivity contribution in [2.24, 2.45) is 5.92 Å². The van der Waals surface area contributed by atoms with E-state index in [4.69, 9.17) is 4.98 Å². The standard InChI is InChI=1S/C29H22FN2S.C18H24NSi.Ir/c1-29(2,3)18-14-16-19(17-15-18)32-25-13-5-4-12-24(25)31-28(32)22-10-6-8-20-21-9-7-11-23(30)27(21)33-26(20)22;1-14(2)11-16-12-17(15-9-7-6-8-10-15)19-13-18(16)20(3,4)5;/h4-9,11-17H,1-3H3;6-9,12-14H,11H2,1-5H3;/q2*-1;. The Labute approximate surface area is 337 Å². The van der Waals surface area contributed by atoms with Crippen molar-refractivity contribution in [3.63, 3.8) is 0 Å². The van der Waals surface area contributed by atoms with E-state index in [-0.39, 0.29) is 31.3 Å². The summed E-state index contributed by atoms with van der Waals surface area (Å²) in [5.41, 5.74) is 8.86. The van der Waals surface area contributed by atoms with Gasteiger partial charge in [-0.2, -0.15) is 11.3 Å². The molecule has 0 spiro atoms. The largest absolute Gasteiger partial charge is 0.333 e. The van der Waals surface area contributed by atoms with Gasteiger partial charge in [-0.3, -0.25) is 4.98 Å². The summed E-state index contributed by atoms with van der Waals surface area (Å²) in [6.07, 6.45) is 3.24. The van der Waals surface area contributed by atoms with E-state index in [1.54, 1.807) is 6.07 Å². The van der Waals surface area contributed by atoms with Gasteiger partial charge in [-0.15, -0.1) is 54.1 Å². The van der Waals surface area contributed by atoms with Crippen LogP contribution in [0.2, 0.25) is 19.6 Å². The van der Waals surface area contributed by atoms with Gasteiger partial charge in [-0.05, 0) is 74.6 Å². The number of thiophene rings is 1. The van der Waals surface area contributed by atoms with Crippen molar-refractivity contribution in [2.45, 2.75) is 66.1 Å². The number of hydrogen-bond acceptors (Lipinski definition) is 3. The summed E-state index contributed by atoms with van der Waals surface area (Å²) in [6, 6.07) is 43.1. The van der Waals surface area contributed by atoms with Gasteiger partial charge in [0.1, 0.15) is 5.82 Å². The third-order valence-corrected chi connectivity index (χ3v) is 12.9. The molecule has 0 bridgehead atoms. The minimum absolute atomic E-state index is 0. The molecule has 1 radical (unpaired) electrons. The Morgan fingerprint density at radius 2 is 1.54 bits per heavy atom. The number of aromatic nitrogens is 3. The quantitative estimate of drug-likeness (QED) is 0.123. The van der Waals surface area contributed by atoms with Gasteiger partial charge in [0.25, 0.3) is 0 Å². The second-order valence-corrected chi connectivity index (χ2v) is 22.3. The molecule has 0 fully saturated rings. The number of imidazole rings is 1. The third-order valence-electron chi connectivity index (χ3n) is 9.60. The first-order valence-corrected chi connectivity index (χ1v) is 22.7.